The summed E-state index contributed by atoms with van der Waals surface area (Å²) in [6, 6.07) is 14.9. The van der Waals surface area contributed by atoms with E-state index in [9.17, 15) is 28.8 Å². The number of hydrogen-bond donors (Lipinski definition) is 5. The van der Waals surface area contributed by atoms with E-state index in [2.05, 4.69) is 34.8 Å². The molecule has 1 aliphatic heterocycles. The number of nitrogens with one attached hydrogen (secondary N) is 4. The second-order valence-corrected chi connectivity index (χ2v) is 20.5. The highest BCUT2D eigenvalue weighted by molar-refractivity contribution is 5.91. The molecule has 9 atom stereocenters. The Morgan fingerprint density at radius 3 is 2.17 bits per heavy atom. The molecule has 2 heterocycles. The molecule has 1 fully saturated rings. The fraction of sp³-hybridized carbons (Fsp3) is 0.636. The van der Waals surface area contributed by atoms with Crippen molar-refractivity contribution in [3.8, 4) is 0 Å². The van der Waals surface area contributed by atoms with Crippen LogP contribution in [0.1, 0.15) is 111 Å². The van der Waals surface area contributed by atoms with Gasteiger partial charge in [0.1, 0.15) is 12.1 Å². The number of unbranched alkanes of at least 4 members (excludes halogenated alkanes) is 2. The summed E-state index contributed by atoms with van der Waals surface area (Å²) in [4.78, 5) is 90.6. The second-order valence-electron chi connectivity index (χ2n) is 20.5. The minimum Gasteiger partial charge on any atom is -0.481 e. The Balaban J connectivity index is 1.45. The molecule has 0 spiro atoms. The number of aliphatic carboxylic acids is 1. The van der Waals surface area contributed by atoms with Crippen LogP contribution in [0.5, 0.6) is 0 Å². The molecule has 3 aromatic rings. The van der Waals surface area contributed by atoms with Gasteiger partial charge < -0.3 is 45.3 Å². The lowest BCUT2D eigenvalue weighted by atomic mass is 9.84. The Labute approximate surface area is 422 Å². The number of amides is 5. The minimum absolute atomic E-state index is 0.0401. The van der Waals surface area contributed by atoms with Gasteiger partial charge in [-0.05, 0) is 74.2 Å². The summed E-state index contributed by atoms with van der Waals surface area (Å²) in [5.74, 6) is -3.22. The summed E-state index contributed by atoms with van der Waals surface area (Å²) in [5.41, 5.74) is 2.77. The lowest BCUT2D eigenvalue weighted by Crippen LogP contribution is -2.57. The molecule has 5 N–H and O–H groups in total. The maximum atomic E-state index is 14.5. The predicted octanol–water partition coefficient (Wildman–Crippen LogP) is 6.42. The highest BCUT2D eigenvalue weighted by Crippen LogP contribution is 2.31. The molecule has 394 valence electrons. The molecule has 16 nitrogen and oxygen atoms in total. The van der Waals surface area contributed by atoms with Gasteiger partial charge in [0.05, 0.1) is 36.6 Å². The number of methoxy groups -OCH3 is 2. The molecule has 0 bridgehead atoms. The van der Waals surface area contributed by atoms with Crippen molar-refractivity contribution >= 4 is 46.4 Å². The van der Waals surface area contributed by atoms with Gasteiger partial charge in [-0.1, -0.05) is 110 Å². The van der Waals surface area contributed by atoms with Crippen molar-refractivity contribution in [1.29, 1.82) is 0 Å². The maximum Gasteiger partial charge on any atom is 0.303 e. The molecule has 5 amide bonds. The van der Waals surface area contributed by atoms with Crippen molar-refractivity contribution in [2.24, 2.45) is 29.6 Å². The zero-order valence-electron chi connectivity index (χ0n) is 44.4. The number of aromatic nitrogens is 1. The number of benzene rings is 2. The normalized spacial score (nSPS) is 17.3. The smallest absolute Gasteiger partial charge is 0.303 e. The number of fused-ring (bicyclic) bond motifs is 1. The van der Waals surface area contributed by atoms with Gasteiger partial charge in [0.2, 0.25) is 29.5 Å². The number of carboxylic acid groups (broad SMARTS) is 1. The number of nitrogens with zero attached hydrogens (tertiary/aromatic N) is 3. The summed E-state index contributed by atoms with van der Waals surface area (Å²) in [6.45, 7) is 15.4. The quantitative estimate of drug-likeness (QED) is 0.0464. The summed E-state index contributed by atoms with van der Waals surface area (Å²) >= 11 is 0. The van der Waals surface area contributed by atoms with E-state index in [0.717, 1.165) is 47.7 Å². The summed E-state index contributed by atoms with van der Waals surface area (Å²) in [5, 5.41) is 19.1. The van der Waals surface area contributed by atoms with Gasteiger partial charge in [-0.25, -0.2) is 0 Å². The second kappa shape index (κ2) is 28.7. The highest BCUT2D eigenvalue weighted by atomic mass is 16.5. The van der Waals surface area contributed by atoms with Crippen LogP contribution in [0.15, 0.2) is 60.8 Å². The van der Waals surface area contributed by atoms with Crippen molar-refractivity contribution in [3.63, 3.8) is 0 Å². The molecular formula is C55H85N7O9. The zero-order valence-corrected chi connectivity index (χ0v) is 44.4. The van der Waals surface area contributed by atoms with Crippen LogP contribution in [0.3, 0.4) is 0 Å². The first kappa shape index (κ1) is 58.3. The van der Waals surface area contributed by atoms with E-state index in [1.165, 1.54) is 0 Å². The first-order valence-corrected chi connectivity index (χ1v) is 25.8. The maximum absolute atomic E-state index is 14.5. The van der Waals surface area contributed by atoms with Crippen LogP contribution in [-0.4, -0.2) is 145 Å². The van der Waals surface area contributed by atoms with Gasteiger partial charge in [-0.3, -0.25) is 33.7 Å². The number of H-pyrrole nitrogens is 1. The lowest BCUT2D eigenvalue weighted by Gasteiger charge is -2.38. The van der Waals surface area contributed by atoms with Crippen molar-refractivity contribution in [2.45, 2.75) is 149 Å². The molecule has 4 rings (SSSR count). The first-order valence-electron chi connectivity index (χ1n) is 25.8. The molecule has 0 radical (unpaired) electrons. The third-order valence-electron chi connectivity index (χ3n) is 14.6. The average Bonchev–Trinajstić information content (AvgIpc) is 4.00. The molecule has 1 aliphatic rings. The third-order valence-corrected chi connectivity index (χ3v) is 14.6. The number of aromatic amines is 1. The van der Waals surface area contributed by atoms with Crippen LogP contribution in [0, 0.1) is 29.6 Å². The van der Waals surface area contributed by atoms with Gasteiger partial charge in [-0.15, -0.1) is 0 Å². The van der Waals surface area contributed by atoms with Crippen molar-refractivity contribution in [3.05, 3.63) is 71.9 Å². The Hall–Kier alpha value is -5.32. The van der Waals surface area contributed by atoms with E-state index in [1.807, 2.05) is 105 Å². The van der Waals surface area contributed by atoms with Gasteiger partial charge in [0.25, 0.3) is 0 Å². The van der Waals surface area contributed by atoms with Gasteiger partial charge in [0.15, 0.2) is 0 Å². The largest absolute Gasteiger partial charge is 0.481 e. The number of carbonyl (C=O) groups excluding carboxylic acids is 5. The fourth-order valence-electron chi connectivity index (χ4n) is 10.3. The molecule has 71 heavy (non-hydrogen) atoms. The molecule has 1 aromatic heterocycles. The molecule has 2 aromatic carbocycles. The van der Waals surface area contributed by atoms with E-state index >= 15 is 0 Å². The van der Waals surface area contributed by atoms with Gasteiger partial charge >= 0.3 is 5.97 Å². The SMILES string of the molecule is CCC(C)C(CN(C)C(=O)C(NC(=O)C(C(C)C)N(C)CCCCCC(=O)O)C(C)C)C(CC(=O)N1CCCC1C(OC)C(C)C(=O)NC(Cc1c[nH]c2ccccc12)C(=O)NCc1ccccc1)OC. The van der Waals surface area contributed by atoms with Crippen LogP contribution >= 0.6 is 0 Å². The molecule has 1 saturated heterocycles. The summed E-state index contributed by atoms with van der Waals surface area (Å²) in [6.07, 6.45) is 5.29. The number of likely N-dealkylation sites (N-methyl/N-ethyl adjacent to an activating group) is 2. The Bertz CT molecular complexity index is 2160. The van der Waals surface area contributed by atoms with Crippen molar-refractivity contribution in [1.82, 2.24) is 35.6 Å². The average molecular weight is 988 g/mol. The minimum atomic E-state index is -0.887. The lowest BCUT2D eigenvalue weighted by molar-refractivity contribution is -0.144. The van der Waals surface area contributed by atoms with E-state index < -0.39 is 48.3 Å². The number of likely N-dealkylation sites (tertiary alicyclic amines) is 1. The van der Waals surface area contributed by atoms with E-state index in [1.54, 1.807) is 33.1 Å². The zero-order chi connectivity index (χ0) is 52.4. The number of ether oxygens (including phenoxy) is 2. The molecule has 9 unspecified atom stereocenters. The Morgan fingerprint density at radius 1 is 0.845 bits per heavy atom. The van der Waals surface area contributed by atoms with Gasteiger partial charge in [0, 0.05) is 76.8 Å². The van der Waals surface area contributed by atoms with Crippen LogP contribution in [0.25, 0.3) is 10.9 Å². The summed E-state index contributed by atoms with van der Waals surface area (Å²) in [7, 11) is 6.77. The van der Waals surface area contributed by atoms with Crippen molar-refractivity contribution in [2.75, 3.05) is 47.9 Å². The van der Waals surface area contributed by atoms with Gasteiger partial charge in [-0.2, -0.15) is 0 Å². The topological polar surface area (TPSA) is 203 Å². The third kappa shape index (κ3) is 16.6. The standard InChI is InChI=1S/C55H85N7O9/c1-12-37(6)42(34-61(9)55(69)49(35(2)3)59-54(68)50(36(4)5)60(8)28-20-14-17-27-48(64)65)46(70-10)31-47(63)62-29-21-26-45(62)51(71-11)38(7)52(66)58-44(53(67)57-32-39-22-15-13-16-23-39)30-40-33-56-43-25-19-18-24-41(40)43/h13,15-16,18-19,22-25,33,35-38,42,44-46,49-51,56H,12,14,17,20-21,26-32,34H2,1-11H3,(H,57,67)(H,58,66)(H,59,68)(H,64,65). The van der Waals surface area contributed by atoms with Crippen molar-refractivity contribution < 1.29 is 43.3 Å². The fourth-order valence-corrected chi connectivity index (χ4v) is 10.3. The Morgan fingerprint density at radius 2 is 1.54 bits per heavy atom. The number of hydrogen-bond acceptors (Lipinski definition) is 9. The number of carbonyl (C=O) groups is 6. The first-order chi connectivity index (χ1) is 33.8. The summed E-state index contributed by atoms with van der Waals surface area (Å²) < 4.78 is 12.2. The number of para-hydroxylation sites is 1. The van der Waals surface area contributed by atoms with Crippen LogP contribution in [-0.2, 0) is 51.2 Å². The Kier molecular flexibility index (Phi) is 23.5. The van der Waals surface area contributed by atoms with Crippen LogP contribution in [0.2, 0.25) is 0 Å². The predicted molar refractivity (Wildman–Crippen MR) is 277 cm³/mol. The molecular weight excluding hydrogens is 903 g/mol. The van der Waals surface area contributed by atoms with E-state index in [4.69, 9.17) is 14.6 Å². The van der Waals surface area contributed by atoms with Crippen LogP contribution < -0.4 is 16.0 Å². The van der Waals surface area contributed by atoms with E-state index in [0.29, 0.717) is 39.0 Å². The molecule has 16 heteroatoms. The molecule has 0 saturated carbocycles. The van der Waals surface area contributed by atoms with E-state index in [-0.39, 0.29) is 72.5 Å². The van der Waals surface area contributed by atoms with Crippen LogP contribution in [0.4, 0.5) is 0 Å². The highest BCUT2D eigenvalue weighted by Gasteiger charge is 2.42. The number of carboxylic acids is 1. The monoisotopic (exact) mass is 988 g/mol. The number of rotatable bonds is 30. The molecule has 0 aliphatic carbocycles.